The number of nitrogens with one attached hydrogen (secondary N) is 1. The molecule has 1 aliphatic heterocycles. The zero-order valence-electron chi connectivity index (χ0n) is 8.36. The number of fused-ring (bicyclic) bond motifs is 2. The van der Waals surface area contributed by atoms with Gasteiger partial charge in [0.25, 0.3) is 0 Å². The van der Waals surface area contributed by atoms with E-state index in [1.54, 1.807) is 11.3 Å². The van der Waals surface area contributed by atoms with Crippen LogP contribution in [0.2, 0.25) is 0 Å². The Balaban J connectivity index is 2.20. The Kier molecular flexibility index (Phi) is 2.00. The molecule has 0 spiro atoms. The molecule has 4 nitrogen and oxygen atoms in total. The highest BCUT2D eigenvalue weighted by Gasteiger charge is 2.18. The molecule has 2 aromatic rings. The molecule has 15 heavy (non-hydrogen) atoms. The Morgan fingerprint density at radius 2 is 2.47 bits per heavy atom. The van der Waals surface area contributed by atoms with Crippen molar-refractivity contribution in [3.8, 4) is 5.75 Å². The predicted molar refractivity (Wildman–Crippen MR) is 61.5 cm³/mol. The molecular formula is C10H11N3OS. The summed E-state index contributed by atoms with van der Waals surface area (Å²) in [6.07, 6.45) is 0. The largest absolute Gasteiger partial charge is 0.489 e. The van der Waals surface area contributed by atoms with Crippen LogP contribution in [-0.4, -0.2) is 25.2 Å². The van der Waals surface area contributed by atoms with Crippen molar-refractivity contribution < 1.29 is 4.74 Å². The summed E-state index contributed by atoms with van der Waals surface area (Å²) < 4.78 is 6.81. The zero-order valence-corrected chi connectivity index (χ0v) is 9.17. The van der Waals surface area contributed by atoms with Gasteiger partial charge in [0.1, 0.15) is 12.4 Å². The molecule has 1 N–H and O–H groups in total. The van der Waals surface area contributed by atoms with Gasteiger partial charge in [0.2, 0.25) is 0 Å². The number of nitrogens with zero attached hydrogens (tertiary/aromatic N) is 2. The summed E-state index contributed by atoms with van der Waals surface area (Å²) in [5, 5.41) is 2.10. The predicted octanol–water partition coefficient (Wildman–Crippen LogP) is 1.63. The third-order valence-corrected chi connectivity index (χ3v) is 3.34. The molecular weight excluding hydrogens is 210 g/mol. The standard InChI is InChI=1S/C10H11N3OS/c1-11-13-2-3-14-9-4-7-10(5-8(9)13)15-6-12-7/h4-6,11H,2-3H2,1H3. The lowest BCUT2D eigenvalue weighted by Crippen LogP contribution is -2.41. The molecule has 0 saturated heterocycles. The minimum Gasteiger partial charge on any atom is -0.489 e. The molecule has 0 aliphatic carbocycles. The number of aromatic nitrogens is 1. The Morgan fingerprint density at radius 1 is 1.53 bits per heavy atom. The average Bonchev–Trinajstić information content (AvgIpc) is 2.72. The Hall–Kier alpha value is -1.33. The molecule has 2 heterocycles. The molecule has 78 valence electrons. The fraction of sp³-hybridized carbons (Fsp3) is 0.300. The van der Waals surface area contributed by atoms with Crippen molar-refractivity contribution >= 4 is 27.2 Å². The first-order valence-corrected chi connectivity index (χ1v) is 5.71. The molecule has 1 aromatic heterocycles. The third-order valence-electron chi connectivity index (χ3n) is 2.55. The lowest BCUT2D eigenvalue weighted by Gasteiger charge is -2.30. The molecule has 1 aromatic carbocycles. The van der Waals surface area contributed by atoms with Gasteiger partial charge in [-0.1, -0.05) is 0 Å². The molecule has 0 amide bonds. The normalized spacial score (nSPS) is 15.1. The van der Waals surface area contributed by atoms with Gasteiger partial charge in [-0.15, -0.1) is 11.3 Å². The van der Waals surface area contributed by atoms with Crippen molar-refractivity contribution in [3.63, 3.8) is 0 Å². The third kappa shape index (κ3) is 1.35. The zero-order chi connectivity index (χ0) is 10.3. The minimum absolute atomic E-state index is 0.712. The summed E-state index contributed by atoms with van der Waals surface area (Å²) in [4.78, 5) is 4.28. The van der Waals surface area contributed by atoms with Gasteiger partial charge in [0.15, 0.2) is 0 Å². The summed E-state index contributed by atoms with van der Waals surface area (Å²) in [6.45, 7) is 1.58. The molecule has 3 rings (SSSR count). The number of ether oxygens (including phenoxy) is 1. The van der Waals surface area contributed by atoms with Crippen LogP contribution >= 0.6 is 11.3 Å². The van der Waals surface area contributed by atoms with Crippen LogP contribution in [0.1, 0.15) is 0 Å². The maximum atomic E-state index is 5.62. The lowest BCUT2D eigenvalue weighted by atomic mass is 10.2. The molecule has 0 atom stereocenters. The smallest absolute Gasteiger partial charge is 0.146 e. The molecule has 0 radical (unpaired) electrons. The van der Waals surface area contributed by atoms with E-state index >= 15 is 0 Å². The highest BCUT2D eigenvalue weighted by Crippen LogP contribution is 2.35. The highest BCUT2D eigenvalue weighted by molar-refractivity contribution is 7.16. The molecule has 1 aliphatic rings. The van der Waals surface area contributed by atoms with Gasteiger partial charge in [-0.05, 0) is 6.07 Å². The van der Waals surface area contributed by atoms with Gasteiger partial charge in [0.05, 0.1) is 28.0 Å². The summed E-state index contributed by atoms with van der Waals surface area (Å²) >= 11 is 1.65. The van der Waals surface area contributed by atoms with Crippen LogP contribution in [-0.2, 0) is 0 Å². The summed E-state index contributed by atoms with van der Waals surface area (Å²) in [6, 6.07) is 4.13. The first-order chi connectivity index (χ1) is 7.38. The van der Waals surface area contributed by atoms with Crippen LogP contribution in [0.25, 0.3) is 10.2 Å². The van der Waals surface area contributed by atoms with Gasteiger partial charge >= 0.3 is 0 Å². The fourth-order valence-electron chi connectivity index (χ4n) is 1.80. The first-order valence-electron chi connectivity index (χ1n) is 4.83. The van der Waals surface area contributed by atoms with Crippen LogP contribution in [0.3, 0.4) is 0 Å². The van der Waals surface area contributed by atoms with E-state index in [2.05, 4.69) is 21.5 Å². The van der Waals surface area contributed by atoms with Crippen molar-refractivity contribution in [2.75, 3.05) is 25.2 Å². The minimum atomic E-state index is 0.712. The molecule has 0 unspecified atom stereocenters. The van der Waals surface area contributed by atoms with E-state index in [-0.39, 0.29) is 0 Å². The maximum Gasteiger partial charge on any atom is 0.146 e. The van der Waals surface area contributed by atoms with E-state index in [0.29, 0.717) is 6.61 Å². The summed E-state index contributed by atoms with van der Waals surface area (Å²) in [7, 11) is 1.92. The Labute approximate surface area is 91.5 Å². The maximum absolute atomic E-state index is 5.62. The van der Waals surface area contributed by atoms with Gasteiger partial charge in [-0.25, -0.2) is 10.4 Å². The SMILES string of the molecule is CNN1CCOc2cc3ncsc3cc21. The van der Waals surface area contributed by atoms with E-state index in [1.165, 1.54) is 4.70 Å². The van der Waals surface area contributed by atoms with Crippen LogP contribution in [0.5, 0.6) is 5.75 Å². The van der Waals surface area contributed by atoms with E-state index in [9.17, 15) is 0 Å². The van der Waals surface area contributed by atoms with Crippen molar-refractivity contribution in [2.45, 2.75) is 0 Å². The second-order valence-electron chi connectivity index (χ2n) is 3.36. The number of thiazole rings is 1. The highest BCUT2D eigenvalue weighted by atomic mass is 32.1. The monoisotopic (exact) mass is 221 g/mol. The number of anilines is 1. The van der Waals surface area contributed by atoms with Gasteiger partial charge in [-0.2, -0.15) is 0 Å². The van der Waals surface area contributed by atoms with E-state index in [1.807, 2.05) is 18.6 Å². The van der Waals surface area contributed by atoms with Gasteiger partial charge in [0, 0.05) is 13.1 Å². The van der Waals surface area contributed by atoms with E-state index in [4.69, 9.17) is 4.74 Å². The number of benzene rings is 1. The number of rotatable bonds is 1. The molecule has 5 heteroatoms. The molecule has 0 saturated carbocycles. The molecule has 0 bridgehead atoms. The second kappa shape index (κ2) is 3.36. The van der Waals surface area contributed by atoms with Crippen molar-refractivity contribution in [1.82, 2.24) is 10.4 Å². The van der Waals surface area contributed by atoms with Crippen LogP contribution in [0.4, 0.5) is 5.69 Å². The number of hydrogen-bond donors (Lipinski definition) is 1. The quantitative estimate of drug-likeness (QED) is 0.794. The van der Waals surface area contributed by atoms with Crippen LogP contribution < -0.4 is 15.2 Å². The lowest BCUT2D eigenvalue weighted by molar-refractivity contribution is 0.302. The Morgan fingerprint density at radius 3 is 3.33 bits per heavy atom. The molecule has 0 fully saturated rings. The first kappa shape index (κ1) is 8.94. The fourth-order valence-corrected chi connectivity index (χ4v) is 2.49. The summed E-state index contributed by atoms with van der Waals surface area (Å²) in [5.41, 5.74) is 7.12. The average molecular weight is 221 g/mol. The van der Waals surface area contributed by atoms with Crippen molar-refractivity contribution in [3.05, 3.63) is 17.6 Å². The topological polar surface area (TPSA) is 37.4 Å². The summed E-state index contributed by atoms with van der Waals surface area (Å²) in [5.74, 6) is 0.911. The van der Waals surface area contributed by atoms with E-state index in [0.717, 1.165) is 23.5 Å². The van der Waals surface area contributed by atoms with Gasteiger partial charge in [-0.3, -0.25) is 0 Å². The number of hydrogen-bond acceptors (Lipinski definition) is 5. The van der Waals surface area contributed by atoms with Crippen LogP contribution in [0, 0.1) is 0 Å². The second-order valence-corrected chi connectivity index (χ2v) is 4.25. The number of hydrazine groups is 1. The van der Waals surface area contributed by atoms with Crippen molar-refractivity contribution in [2.24, 2.45) is 0 Å². The van der Waals surface area contributed by atoms with Gasteiger partial charge < -0.3 is 9.75 Å². The van der Waals surface area contributed by atoms with E-state index < -0.39 is 0 Å². The van der Waals surface area contributed by atoms with Crippen molar-refractivity contribution in [1.29, 1.82) is 0 Å². The Bertz CT molecular complexity index is 496. The van der Waals surface area contributed by atoms with Crippen LogP contribution in [0.15, 0.2) is 17.6 Å².